The highest BCUT2D eigenvalue weighted by Gasteiger charge is 2.13. The molecule has 1 aliphatic rings. The van der Waals surface area contributed by atoms with Crippen LogP contribution in [0.2, 0.25) is 0 Å². The monoisotopic (exact) mass is 413 g/mol. The van der Waals surface area contributed by atoms with Crippen LogP contribution in [0.3, 0.4) is 0 Å². The summed E-state index contributed by atoms with van der Waals surface area (Å²) in [6.45, 7) is 4.02. The molecule has 0 unspecified atom stereocenters. The molecule has 0 aliphatic carbocycles. The van der Waals surface area contributed by atoms with Crippen molar-refractivity contribution in [3.8, 4) is 17.5 Å². The van der Waals surface area contributed by atoms with Crippen molar-refractivity contribution in [2.75, 3.05) is 36.5 Å². The van der Waals surface area contributed by atoms with Gasteiger partial charge in [-0.2, -0.15) is 5.26 Å². The highest BCUT2D eigenvalue weighted by atomic mass is 16.5. The first kappa shape index (κ1) is 19.2. The van der Waals surface area contributed by atoms with Gasteiger partial charge in [0, 0.05) is 37.2 Å². The van der Waals surface area contributed by atoms with Gasteiger partial charge in [0.15, 0.2) is 0 Å². The number of nitrogens with one attached hydrogen (secondary N) is 1. The zero-order chi connectivity index (χ0) is 21.0. The Morgan fingerprint density at radius 3 is 2.68 bits per heavy atom. The van der Waals surface area contributed by atoms with E-state index in [1.54, 1.807) is 0 Å². The Labute approximate surface area is 180 Å². The first-order chi connectivity index (χ1) is 15.3. The van der Waals surface area contributed by atoms with Gasteiger partial charge in [0.1, 0.15) is 0 Å². The molecular formula is C23H23N7O. The van der Waals surface area contributed by atoms with E-state index in [1.807, 2.05) is 53.3 Å². The number of nitrogens with zero attached hydrogens (tertiary/aromatic N) is 6. The van der Waals surface area contributed by atoms with Gasteiger partial charge in [-0.15, -0.1) is 5.10 Å². The van der Waals surface area contributed by atoms with Gasteiger partial charge in [0.05, 0.1) is 48.8 Å². The fourth-order valence-electron chi connectivity index (χ4n) is 3.87. The lowest BCUT2D eigenvalue weighted by Gasteiger charge is -2.28. The zero-order valence-corrected chi connectivity index (χ0v) is 17.1. The van der Waals surface area contributed by atoms with Crippen LogP contribution in [-0.2, 0) is 11.3 Å². The molecule has 0 atom stereocenters. The fraction of sp³-hybridized carbons (Fsp3) is 0.261. The van der Waals surface area contributed by atoms with Crippen molar-refractivity contribution in [3.63, 3.8) is 0 Å². The minimum absolute atomic E-state index is 0.466. The second-order valence-corrected chi connectivity index (χ2v) is 7.40. The molecule has 8 heteroatoms. The fourth-order valence-corrected chi connectivity index (χ4v) is 3.87. The van der Waals surface area contributed by atoms with E-state index >= 15 is 0 Å². The summed E-state index contributed by atoms with van der Waals surface area (Å²) in [5, 5.41) is 16.9. The highest BCUT2D eigenvalue weighted by molar-refractivity contribution is 5.65. The van der Waals surface area contributed by atoms with Crippen LogP contribution in [0.4, 0.5) is 17.3 Å². The first-order valence-corrected chi connectivity index (χ1v) is 10.4. The second kappa shape index (κ2) is 8.50. The van der Waals surface area contributed by atoms with Gasteiger partial charge >= 0.3 is 0 Å². The summed E-state index contributed by atoms with van der Waals surface area (Å²) in [4.78, 5) is 6.78. The Hall–Kier alpha value is -3.83. The molecule has 0 amide bonds. The Balaban J connectivity index is 1.38. The molecule has 1 saturated heterocycles. The molecule has 1 N–H and O–H groups in total. The van der Waals surface area contributed by atoms with Crippen molar-refractivity contribution in [2.24, 2.45) is 0 Å². The van der Waals surface area contributed by atoms with Crippen LogP contribution in [-0.4, -0.2) is 45.5 Å². The number of aromatic nitrogens is 4. The molecular weight excluding hydrogens is 390 g/mol. The molecule has 1 aliphatic heterocycles. The number of aryl methyl sites for hydroxylation is 1. The summed E-state index contributed by atoms with van der Waals surface area (Å²) in [5.74, 6) is 0.527. The third-order valence-corrected chi connectivity index (χ3v) is 5.45. The number of nitriles is 1. The van der Waals surface area contributed by atoms with Crippen molar-refractivity contribution in [1.82, 2.24) is 19.2 Å². The quantitative estimate of drug-likeness (QED) is 0.519. The maximum absolute atomic E-state index is 8.92. The van der Waals surface area contributed by atoms with Crippen molar-refractivity contribution in [2.45, 2.75) is 13.0 Å². The summed E-state index contributed by atoms with van der Waals surface area (Å²) in [7, 11) is 0. The van der Waals surface area contributed by atoms with E-state index in [-0.39, 0.29) is 0 Å². The minimum atomic E-state index is 0.466. The average molecular weight is 413 g/mol. The summed E-state index contributed by atoms with van der Waals surface area (Å²) >= 11 is 0. The Morgan fingerprint density at radius 2 is 1.87 bits per heavy atom. The number of rotatable bonds is 6. The van der Waals surface area contributed by atoms with E-state index in [2.05, 4.69) is 38.0 Å². The molecule has 4 heterocycles. The van der Waals surface area contributed by atoms with Crippen LogP contribution in [0, 0.1) is 11.3 Å². The lowest BCUT2D eigenvalue weighted by Crippen LogP contribution is -2.36. The van der Waals surface area contributed by atoms with Gasteiger partial charge in [-0.05, 0) is 48.5 Å². The SMILES string of the molecule is N#CCCn1cccc1-c1ccc2cnc(Nc3ccc(N4CCOCC4)cc3)nn12. The van der Waals surface area contributed by atoms with Crippen LogP contribution in [0.1, 0.15) is 6.42 Å². The smallest absolute Gasteiger partial charge is 0.245 e. The first-order valence-electron chi connectivity index (χ1n) is 10.4. The molecule has 0 radical (unpaired) electrons. The molecule has 0 spiro atoms. The Bertz CT molecular complexity index is 1210. The predicted octanol–water partition coefficient (Wildman–Crippen LogP) is 3.69. The largest absolute Gasteiger partial charge is 0.378 e. The lowest BCUT2D eigenvalue weighted by atomic mass is 10.2. The third-order valence-electron chi connectivity index (χ3n) is 5.45. The second-order valence-electron chi connectivity index (χ2n) is 7.40. The number of benzene rings is 1. The molecule has 1 fully saturated rings. The van der Waals surface area contributed by atoms with E-state index in [4.69, 9.17) is 15.1 Å². The molecule has 0 bridgehead atoms. The number of morpholine rings is 1. The summed E-state index contributed by atoms with van der Waals surface area (Å²) in [5.41, 5.74) is 5.02. The van der Waals surface area contributed by atoms with Gasteiger partial charge in [-0.3, -0.25) is 0 Å². The molecule has 8 nitrogen and oxygen atoms in total. The number of fused-ring (bicyclic) bond motifs is 1. The zero-order valence-electron chi connectivity index (χ0n) is 17.1. The van der Waals surface area contributed by atoms with Crippen molar-refractivity contribution in [3.05, 3.63) is 60.9 Å². The van der Waals surface area contributed by atoms with Gasteiger partial charge < -0.3 is 19.5 Å². The minimum Gasteiger partial charge on any atom is -0.378 e. The van der Waals surface area contributed by atoms with E-state index in [9.17, 15) is 0 Å². The van der Waals surface area contributed by atoms with Crippen molar-refractivity contribution >= 4 is 22.8 Å². The number of ether oxygens (including phenoxy) is 1. The van der Waals surface area contributed by atoms with Crippen LogP contribution in [0.5, 0.6) is 0 Å². The molecule has 31 heavy (non-hydrogen) atoms. The van der Waals surface area contributed by atoms with Gasteiger partial charge in [-0.25, -0.2) is 9.50 Å². The van der Waals surface area contributed by atoms with Crippen LogP contribution >= 0.6 is 0 Å². The summed E-state index contributed by atoms with van der Waals surface area (Å²) < 4.78 is 9.39. The van der Waals surface area contributed by atoms with Gasteiger partial charge in [-0.1, -0.05) is 0 Å². The normalized spacial score (nSPS) is 14.0. The third kappa shape index (κ3) is 3.96. The molecule has 3 aromatic heterocycles. The topological polar surface area (TPSA) is 83.4 Å². The molecule has 156 valence electrons. The number of hydrogen-bond donors (Lipinski definition) is 1. The van der Waals surface area contributed by atoms with Crippen molar-refractivity contribution in [1.29, 1.82) is 5.26 Å². The van der Waals surface area contributed by atoms with Crippen LogP contribution in [0.15, 0.2) is 60.9 Å². The van der Waals surface area contributed by atoms with Crippen molar-refractivity contribution < 1.29 is 4.74 Å². The van der Waals surface area contributed by atoms with Gasteiger partial charge in [0.25, 0.3) is 0 Å². The molecule has 1 aromatic carbocycles. The maximum Gasteiger partial charge on any atom is 0.245 e. The molecule has 0 saturated carbocycles. The number of anilines is 3. The summed E-state index contributed by atoms with van der Waals surface area (Å²) in [6.07, 6.45) is 4.26. The Morgan fingerprint density at radius 1 is 1.03 bits per heavy atom. The summed E-state index contributed by atoms with van der Waals surface area (Å²) in [6, 6.07) is 18.6. The van der Waals surface area contributed by atoms with Crippen LogP contribution < -0.4 is 10.2 Å². The average Bonchev–Trinajstić information content (AvgIpc) is 3.45. The molecule has 5 rings (SSSR count). The Kier molecular flexibility index (Phi) is 5.25. The molecule has 4 aromatic rings. The van der Waals surface area contributed by atoms with E-state index in [0.29, 0.717) is 18.9 Å². The van der Waals surface area contributed by atoms with Gasteiger partial charge in [0.2, 0.25) is 5.95 Å². The van der Waals surface area contributed by atoms with E-state index in [1.165, 1.54) is 5.69 Å². The predicted molar refractivity (Wildman–Crippen MR) is 119 cm³/mol. The number of hydrogen-bond acceptors (Lipinski definition) is 6. The van der Waals surface area contributed by atoms with E-state index < -0.39 is 0 Å². The lowest BCUT2D eigenvalue weighted by molar-refractivity contribution is 0.122. The van der Waals surface area contributed by atoms with Crippen LogP contribution in [0.25, 0.3) is 16.9 Å². The standard InChI is InChI=1S/C23H23N7O/c24-10-2-12-29-11-1-3-21(29)22-9-8-20-17-25-23(27-30(20)22)26-18-4-6-19(7-5-18)28-13-15-31-16-14-28/h1,3-9,11,17H,2,12-16H2,(H,26,27). The van der Waals surface area contributed by atoms with E-state index in [0.717, 1.165) is 48.9 Å². The maximum atomic E-state index is 8.92. The highest BCUT2D eigenvalue weighted by Crippen LogP contribution is 2.24.